The molecule has 0 amide bonds. The summed E-state index contributed by atoms with van der Waals surface area (Å²) in [4.78, 5) is 0. The fourth-order valence-corrected chi connectivity index (χ4v) is 2.29. The summed E-state index contributed by atoms with van der Waals surface area (Å²) >= 11 is 0. The Hall–Kier alpha value is -0.860. The van der Waals surface area contributed by atoms with Gasteiger partial charge in [0.25, 0.3) is 0 Å². The summed E-state index contributed by atoms with van der Waals surface area (Å²) in [6.07, 6.45) is 5.10. The Morgan fingerprint density at radius 3 is 2.80 bits per heavy atom. The molecular weight excluding hydrogens is 184 g/mol. The summed E-state index contributed by atoms with van der Waals surface area (Å²) in [6, 6.07) is 10.7. The zero-order chi connectivity index (χ0) is 10.5. The Morgan fingerprint density at radius 1 is 1.20 bits per heavy atom. The average molecular weight is 204 g/mol. The Labute approximate surface area is 91.9 Å². The molecule has 3 N–H and O–H groups in total. The van der Waals surface area contributed by atoms with Crippen molar-refractivity contribution in [3.63, 3.8) is 0 Å². The highest BCUT2D eigenvalue weighted by atomic mass is 15.0. The molecular formula is C13H20N2. The number of hydrogen-bond donors (Lipinski definition) is 2. The molecule has 2 heteroatoms. The molecule has 82 valence electrons. The highest BCUT2D eigenvalue weighted by molar-refractivity contribution is 5.15. The SMILES string of the molecule is NC1NCCCCC1Cc1ccccc1. The van der Waals surface area contributed by atoms with Gasteiger partial charge in [-0.2, -0.15) is 0 Å². The summed E-state index contributed by atoms with van der Waals surface area (Å²) in [5.41, 5.74) is 7.52. The van der Waals surface area contributed by atoms with Crippen molar-refractivity contribution in [1.29, 1.82) is 0 Å². The van der Waals surface area contributed by atoms with Gasteiger partial charge in [-0.1, -0.05) is 36.8 Å². The van der Waals surface area contributed by atoms with Gasteiger partial charge in [0.15, 0.2) is 0 Å². The molecule has 0 bridgehead atoms. The van der Waals surface area contributed by atoms with Gasteiger partial charge in [0.05, 0.1) is 6.17 Å². The fourth-order valence-electron chi connectivity index (χ4n) is 2.29. The van der Waals surface area contributed by atoms with E-state index in [-0.39, 0.29) is 6.17 Å². The standard InChI is InChI=1S/C13H20N2/c14-13-12(8-4-5-9-15-13)10-11-6-2-1-3-7-11/h1-3,6-7,12-13,15H,4-5,8-10,14H2. The van der Waals surface area contributed by atoms with Crippen LogP contribution in [-0.4, -0.2) is 12.7 Å². The molecule has 0 aliphatic carbocycles. The molecule has 0 spiro atoms. The Kier molecular flexibility index (Phi) is 3.75. The maximum atomic E-state index is 6.12. The zero-order valence-electron chi connectivity index (χ0n) is 9.15. The van der Waals surface area contributed by atoms with Crippen LogP contribution in [0.2, 0.25) is 0 Å². The van der Waals surface area contributed by atoms with Crippen LogP contribution in [0.3, 0.4) is 0 Å². The van der Waals surface area contributed by atoms with Crippen molar-refractivity contribution in [1.82, 2.24) is 5.32 Å². The van der Waals surface area contributed by atoms with Gasteiger partial charge in [0.2, 0.25) is 0 Å². The number of nitrogens with one attached hydrogen (secondary N) is 1. The van der Waals surface area contributed by atoms with Crippen LogP contribution >= 0.6 is 0 Å². The van der Waals surface area contributed by atoms with Gasteiger partial charge in [-0.25, -0.2) is 0 Å². The summed E-state index contributed by atoms with van der Waals surface area (Å²) in [7, 11) is 0. The van der Waals surface area contributed by atoms with Crippen molar-refractivity contribution < 1.29 is 0 Å². The second kappa shape index (κ2) is 5.29. The molecule has 0 radical (unpaired) electrons. The van der Waals surface area contributed by atoms with Crippen LogP contribution < -0.4 is 11.1 Å². The molecule has 2 rings (SSSR count). The van der Waals surface area contributed by atoms with Gasteiger partial charge >= 0.3 is 0 Å². The predicted octanol–water partition coefficient (Wildman–Crippen LogP) is 1.90. The first kappa shape index (κ1) is 10.7. The minimum Gasteiger partial charge on any atom is -0.316 e. The van der Waals surface area contributed by atoms with E-state index >= 15 is 0 Å². The molecule has 1 heterocycles. The van der Waals surface area contributed by atoms with E-state index in [1.807, 2.05) is 0 Å². The molecule has 0 saturated carbocycles. The lowest BCUT2D eigenvalue weighted by molar-refractivity contribution is 0.367. The smallest absolute Gasteiger partial charge is 0.0578 e. The minimum absolute atomic E-state index is 0.174. The molecule has 15 heavy (non-hydrogen) atoms. The largest absolute Gasteiger partial charge is 0.316 e. The van der Waals surface area contributed by atoms with Gasteiger partial charge in [-0.05, 0) is 37.3 Å². The van der Waals surface area contributed by atoms with Gasteiger partial charge in [0.1, 0.15) is 0 Å². The molecule has 1 fully saturated rings. The van der Waals surface area contributed by atoms with E-state index in [0.29, 0.717) is 5.92 Å². The van der Waals surface area contributed by atoms with Crippen molar-refractivity contribution in [2.75, 3.05) is 6.54 Å². The molecule has 0 aromatic heterocycles. The lowest BCUT2D eigenvalue weighted by atomic mass is 9.93. The lowest BCUT2D eigenvalue weighted by Gasteiger charge is -2.21. The first-order valence-corrected chi connectivity index (χ1v) is 5.89. The number of benzene rings is 1. The van der Waals surface area contributed by atoms with Gasteiger partial charge in [-0.3, -0.25) is 0 Å². The Bertz CT molecular complexity index is 284. The van der Waals surface area contributed by atoms with Crippen molar-refractivity contribution in [2.45, 2.75) is 31.8 Å². The first-order valence-electron chi connectivity index (χ1n) is 5.89. The van der Waals surface area contributed by atoms with Crippen LogP contribution in [0.15, 0.2) is 30.3 Å². The summed E-state index contributed by atoms with van der Waals surface area (Å²) in [5.74, 6) is 0.592. The third-order valence-electron chi connectivity index (χ3n) is 3.23. The van der Waals surface area contributed by atoms with E-state index in [1.165, 1.54) is 24.8 Å². The van der Waals surface area contributed by atoms with Crippen molar-refractivity contribution in [2.24, 2.45) is 11.7 Å². The van der Waals surface area contributed by atoms with E-state index in [2.05, 4.69) is 35.6 Å². The summed E-state index contributed by atoms with van der Waals surface area (Å²) in [6.45, 7) is 1.08. The average Bonchev–Trinajstić information content (AvgIpc) is 2.46. The molecule has 1 saturated heterocycles. The number of hydrogen-bond acceptors (Lipinski definition) is 2. The predicted molar refractivity (Wildman–Crippen MR) is 63.5 cm³/mol. The van der Waals surface area contributed by atoms with E-state index in [1.54, 1.807) is 0 Å². The fraction of sp³-hybridized carbons (Fsp3) is 0.538. The molecule has 1 aliphatic rings. The van der Waals surface area contributed by atoms with Crippen molar-refractivity contribution in [3.05, 3.63) is 35.9 Å². The van der Waals surface area contributed by atoms with Crippen LogP contribution in [0.4, 0.5) is 0 Å². The monoisotopic (exact) mass is 204 g/mol. The number of rotatable bonds is 2. The van der Waals surface area contributed by atoms with E-state index < -0.39 is 0 Å². The van der Waals surface area contributed by atoms with Crippen LogP contribution in [0.1, 0.15) is 24.8 Å². The molecule has 1 aromatic carbocycles. The highest BCUT2D eigenvalue weighted by Crippen LogP contribution is 2.19. The topological polar surface area (TPSA) is 38.0 Å². The zero-order valence-corrected chi connectivity index (χ0v) is 9.15. The van der Waals surface area contributed by atoms with Gasteiger partial charge < -0.3 is 11.1 Å². The lowest BCUT2D eigenvalue weighted by Crippen LogP contribution is -2.43. The molecule has 1 aliphatic heterocycles. The third kappa shape index (κ3) is 3.05. The maximum absolute atomic E-state index is 6.12. The molecule has 1 aromatic rings. The molecule has 2 nitrogen and oxygen atoms in total. The van der Waals surface area contributed by atoms with Gasteiger partial charge in [0, 0.05) is 0 Å². The van der Waals surface area contributed by atoms with E-state index in [4.69, 9.17) is 5.73 Å². The summed E-state index contributed by atoms with van der Waals surface area (Å²) in [5, 5.41) is 3.39. The Balaban J connectivity index is 1.97. The van der Waals surface area contributed by atoms with E-state index in [9.17, 15) is 0 Å². The van der Waals surface area contributed by atoms with Crippen LogP contribution in [0.25, 0.3) is 0 Å². The molecule has 2 unspecified atom stereocenters. The second-order valence-electron chi connectivity index (χ2n) is 4.43. The van der Waals surface area contributed by atoms with Crippen LogP contribution in [0.5, 0.6) is 0 Å². The van der Waals surface area contributed by atoms with Crippen LogP contribution in [0, 0.1) is 5.92 Å². The normalized spacial score (nSPS) is 27.3. The maximum Gasteiger partial charge on any atom is 0.0578 e. The van der Waals surface area contributed by atoms with Gasteiger partial charge in [-0.15, -0.1) is 0 Å². The van der Waals surface area contributed by atoms with Crippen molar-refractivity contribution >= 4 is 0 Å². The minimum atomic E-state index is 0.174. The van der Waals surface area contributed by atoms with Crippen molar-refractivity contribution in [3.8, 4) is 0 Å². The summed E-state index contributed by atoms with van der Waals surface area (Å²) < 4.78 is 0. The Morgan fingerprint density at radius 2 is 2.00 bits per heavy atom. The highest BCUT2D eigenvalue weighted by Gasteiger charge is 2.19. The van der Waals surface area contributed by atoms with E-state index in [0.717, 1.165) is 13.0 Å². The molecule has 2 atom stereocenters. The number of nitrogens with two attached hydrogens (primary N) is 1. The first-order chi connectivity index (χ1) is 7.36. The third-order valence-corrected chi connectivity index (χ3v) is 3.23. The van der Waals surface area contributed by atoms with Crippen LogP contribution in [-0.2, 0) is 6.42 Å². The quantitative estimate of drug-likeness (QED) is 0.772. The second-order valence-corrected chi connectivity index (χ2v) is 4.43.